The van der Waals surface area contributed by atoms with Crippen LogP contribution in [0.3, 0.4) is 0 Å². The Balaban J connectivity index is 1.56. The van der Waals surface area contributed by atoms with Crippen molar-refractivity contribution in [3.63, 3.8) is 0 Å². The quantitative estimate of drug-likeness (QED) is 0.628. The van der Waals surface area contributed by atoms with Gasteiger partial charge in [-0.05, 0) is 57.9 Å². The number of aromatic nitrogens is 1. The minimum Gasteiger partial charge on any atom is -0.351 e. The Hall–Kier alpha value is -1.14. The van der Waals surface area contributed by atoms with Gasteiger partial charge < -0.3 is 10.2 Å². The van der Waals surface area contributed by atoms with Crippen LogP contribution < -0.4 is 5.32 Å². The molecule has 1 unspecified atom stereocenters. The van der Waals surface area contributed by atoms with Gasteiger partial charge in [0.05, 0.1) is 10.7 Å². The molecule has 0 saturated carbocycles. The van der Waals surface area contributed by atoms with Crippen molar-refractivity contribution in [2.75, 3.05) is 19.6 Å². The number of nitrogens with zero attached hydrogens (tertiary/aromatic N) is 2. The molecule has 0 radical (unpaired) electrons. The fourth-order valence-electron chi connectivity index (χ4n) is 3.44. The number of nitrogens with one attached hydrogen (secondary N) is 1. The summed E-state index contributed by atoms with van der Waals surface area (Å²) in [6, 6.07) is 5.96. The highest BCUT2D eigenvalue weighted by atomic mass is 35.5. The van der Waals surface area contributed by atoms with Crippen molar-refractivity contribution < 1.29 is 4.79 Å². The number of hydrogen-bond donors (Lipinski definition) is 1. The van der Waals surface area contributed by atoms with Gasteiger partial charge in [0.15, 0.2) is 0 Å². The summed E-state index contributed by atoms with van der Waals surface area (Å²) in [4.78, 5) is 20.2. The standard InChI is InChI=1S/C20H25Cl2N3OS/c1-13-6-3-4-10-25(13)11-5-9-23-19(26)18-14(2)24-20(27-18)16-8-7-15(21)12-17(16)22/h7-8,12-13H,3-6,9-11H2,1-2H3,(H,23,26). The second kappa shape index (κ2) is 9.37. The number of amides is 1. The van der Waals surface area contributed by atoms with E-state index in [1.165, 1.54) is 37.1 Å². The van der Waals surface area contributed by atoms with Crippen molar-refractivity contribution in [2.24, 2.45) is 0 Å². The van der Waals surface area contributed by atoms with Crippen LogP contribution in [0.2, 0.25) is 10.0 Å². The van der Waals surface area contributed by atoms with E-state index in [0.717, 1.165) is 29.2 Å². The van der Waals surface area contributed by atoms with Crippen molar-refractivity contribution in [2.45, 2.75) is 45.6 Å². The third-order valence-electron chi connectivity index (χ3n) is 5.01. The summed E-state index contributed by atoms with van der Waals surface area (Å²) in [5, 5.41) is 4.89. The maximum absolute atomic E-state index is 12.6. The maximum atomic E-state index is 12.6. The lowest BCUT2D eigenvalue weighted by molar-refractivity contribution is 0.0952. The van der Waals surface area contributed by atoms with E-state index in [1.54, 1.807) is 12.1 Å². The Morgan fingerprint density at radius 3 is 2.93 bits per heavy atom. The van der Waals surface area contributed by atoms with E-state index >= 15 is 0 Å². The number of carbonyl (C=O) groups excluding carboxylic acids is 1. The first kappa shape index (κ1) is 20.6. The highest BCUT2D eigenvalue weighted by Gasteiger charge is 2.19. The zero-order chi connectivity index (χ0) is 19.4. The third-order valence-corrected chi connectivity index (χ3v) is 6.75. The smallest absolute Gasteiger partial charge is 0.263 e. The Labute approximate surface area is 174 Å². The molecule has 27 heavy (non-hydrogen) atoms. The van der Waals surface area contributed by atoms with Gasteiger partial charge in [0.2, 0.25) is 0 Å². The summed E-state index contributed by atoms with van der Waals surface area (Å²) in [6.45, 7) is 7.04. The lowest BCUT2D eigenvalue weighted by Crippen LogP contribution is -2.39. The Kier molecular flexibility index (Phi) is 7.15. The van der Waals surface area contributed by atoms with Gasteiger partial charge in [-0.15, -0.1) is 11.3 Å². The molecular weight excluding hydrogens is 401 g/mol. The van der Waals surface area contributed by atoms with E-state index in [2.05, 4.69) is 22.1 Å². The van der Waals surface area contributed by atoms with Crippen LogP contribution in [0, 0.1) is 6.92 Å². The number of halogens is 2. The molecule has 3 rings (SSSR count). The van der Waals surface area contributed by atoms with Crippen LogP contribution in [0.5, 0.6) is 0 Å². The van der Waals surface area contributed by atoms with E-state index in [-0.39, 0.29) is 5.91 Å². The van der Waals surface area contributed by atoms with Gasteiger partial charge in [-0.3, -0.25) is 4.79 Å². The van der Waals surface area contributed by atoms with Crippen LogP contribution in [0.25, 0.3) is 10.6 Å². The summed E-state index contributed by atoms with van der Waals surface area (Å²) in [5.41, 5.74) is 1.52. The zero-order valence-corrected chi connectivity index (χ0v) is 18.1. The van der Waals surface area contributed by atoms with Crippen LogP contribution in [-0.2, 0) is 0 Å². The first-order valence-electron chi connectivity index (χ1n) is 9.41. The lowest BCUT2D eigenvalue weighted by Gasteiger charge is -2.33. The SMILES string of the molecule is Cc1nc(-c2ccc(Cl)cc2Cl)sc1C(=O)NCCCN1CCCCC1C. The second-order valence-corrected chi connectivity index (χ2v) is 8.89. The average molecular weight is 426 g/mol. The fourth-order valence-corrected chi connectivity index (χ4v) is 5.02. The highest BCUT2D eigenvalue weighted by molar-refractivity contribution is 7.17. The molecular formula is C20H25Cl2N3OS. The summed E-state index contributed by atoms with van der Waals surface area (Å²) < 4.78 is 0. The molecule has 1 atom stereocenters. The summed E-state index contributed by atoms with van der Waals surface area (Å²) >= 11 is 13.6. The van der Waals surface area contributed by atoms with Crippen LogP contribution in [0.1, 0.15) is 48.0 Å². The highest BCUT2D eigenvalue weighted by Crippen LogP contribution is 2.34. The minimum absolute atomic E-state index is 0.0620. The topological polar surface area (TPSA) is 45.2 Å². The van der Waals surface area contributed by atoms with E-state index in [1.807, 2.05) is 13.0 Å². The summed E-state index contributed by atoms with van der Waals surface area (Å²) in [7, 11) is 0. The number of benzene rings is 1. The number of carbonyl (C=O) groups is 1. The molecule has 4 nitrogen and oxygen atoms in total. The molecule has 2 aromatic rings. The largest absolute Gasteiger partial charge is 0.351 e. The first-order valence-corrected chi connectivity index (χ1v) is 11.0. The summed E-state index contributed by atoms with van der Waals surface area (Å²) in [6.07, 6.45) is 4.86. The Morgan fingerprint density at radius 1 is 1.37 bits per heavy atom. The molecule has 1 aliphatic rings. The van der Waals surface area contributed by atoms with Gasteiger partial charge in [-0.1, -0.05) is 29.6 Å². The zero-order valence-electron chi connectivity index (χ0n) is 15.7. The van der Waals surface area contributed by atoms with Crippen molar-refractivity contribution in [1.29, 1.82) is 0 Å². The molecule has 146 valence electrons. The van der Waals surface area contributed by atoms with Gasteiger partial charge in [-0.25, -0.2) is 4.98 Å². The van der Waals surface area contributed by atoms with Gasteiger partial charge in [0, 0.05) is 29.7 Å². The number of piperidine rings is 1. The van der Waals surface area contributed by atoms with Crippen LogP contribution in [0.4, 0.5) is 0 Å². The number of likely N-dealkylation sites (tertiary alicyclic amines) is 1. The van der Waals surface area contributed by atoms with Gasteiger partial charge in [0.25, 0.3) is 5.91 Å². The predicted octanol–water partition coefficient (Wildman–Crippen LogP) is 5.42. The van der Waals surface area contributed by atoms with E-state index < -0.39 is 0 Å². The predicted molar refractivity (Wildman–Crippen MR) is 114 cm³/mol. The van der Waals surface area contributed by atoms with Gasteiger partial charge >= 0.3 is 0 Å². The average Bonchev–Trinajstić information content (AvgIpc) is 3.01. The lowest BCUT2D eigenvalue weighted by atomic mass is 10.0. The van der Waals surface area contributed by atoms with Gasteiger partial charge in [0.1, 0.15) is 9.88 Å². The van der Waals surface area contributed by atoms with Crippen molar-refractivity contribution >= 4 is 40.4 Å². The van der Waals surface area contributed by atoms with Crippen molar-refractivity contribution in [3.05, 3.63) is 38.8 Å². The Bertz CT molecular complexity index is 809. The van der Waals surface area contributed by atoms with Crippen molar-refractivity contribution in [3.8, 4) is 10.6 Å². The molecule has 1 saturated heterocycles. The Morgan fingerprint density at radius 2 is 2.19 bits per heavy atom. The molecule has 0 spiro atoms. The first-order chi connectivity index (χ1) is 13.0. The molecule has 1 N–H and O–H groups in total. The van der Waals surface area contributed by atoms with Gasteiger partial charge in [-0.2, -0.15) is 0 Å². The number of thiazole rings is 1. The summed E-state index contributed by atoms with van der Waals surface area (Å²) in [5.74, 6) is -0.0620. The van der Waals surface area contributed by atoms with Crippen LogP contribution in [0.15, 0.2) is 18.2 Å². The van der Waals surface area contributed by atoms with E-state index in [9.17, 15) is 4.79 Å². The second-order valence-electron chi connectivity index (χ2n) is 7.05. The normalized spacial score (nSPS) is 17.9. The number of rotatable bonds is 6. The fraction of sp³-hybridized carbons (Fsp3) is 0.500. The molecule has 0 bridgehead atoms. The molecule has 7 heteroatoms. The maximum Gasteiger partial charge on any atom is 0.263 e. The number of aryl methyl sites for hydroxylation is 1. The van der Waals surface area contributed by atoms with Crippen LogP contribution in [-0.4, -0.2) is 41.5 Å². The van der Waals surface area contributed by atoms with E-state index in [0.29, 0.717) is 27.5 Å². The molecule has 1 aromatic heterocycles. The minimum atomic E-state index is -0.0620. The van der Waals surface area contributed by atoms with Crippen molar-refractivity contribution in [1.82, 2.24) is 15.2 Å². The molecule has 0 aliphatic carbocycles. The molecule has 2 heterocycles. The monoisotopic (exact) mass is 425 g/mol. The van der Waals surface area contributed by atoms with E-state index in [4.69, 9.17) is 23.2 Å². The molecule has 1 aliphatic heterocycles. The third kappa shape index (κ3) is 5.23. The van der Waals surface area contributed by atoms with Crippen LogP contribution >= 0.6 is 34.5 Å². The number of hydrogen-bond acceptors (Lipinski definition) is 4. The molecule has 1 amide bonds. The molecule has 1 fully saturated rings. The molecule has 1 aromatic carbocycles.